The summed E-state index contributed by atoms with van der Waals surface area (Å²) in [5, 5.41) is 2.98. The highest BCUT2D eigenvalue weighted by atomic mass is 31.2. The third kappa shape index (κ3) is 49.4. The minimum atomic E-state index is -4.72. The van der Waals surface area contributed by atoms with E-state index < -0.39 is 32.5 Å². The van der Waals surface area contributed by atoms with Crippen LogP contribution in [0.15, 0.2) is 122 Å². The zero-order valence-corrected chi connectivity index (χ0v) is 46.1. The lowest BCUT2D eigenvalue weighted by atomic mass is 10.1. The fourth-order valence-corrected chi connectivity index (χ4v) is 7.74. The number of carbonyl (C=O) groups excluding carboxylic acids is 2. The summed E-state index contributed by atoms with van der Waals surface area (Å²) < 4.78 is 30.1. The molecule has 70 heavy (non-hydrogen) atoms. The Bertz CT molecular complexity index is 1610. The number of phosphoric acid groups is 1. The number of hydrogen-bond acceptors (Lipinski definition) is 7. The minimum Gasteiger partial charge on any atom is -0.756 e. The van der Waals surface area contributed by atoms with Crippen molar-refractivity contribution in [1.82, 2.24) is 5.32 Å². The Hall–Kier alpha value is -3.59. The number of hydrogen-bond donors (Lipinski definition) is 1. The Balaban J connectivity index is 5.54. The third-order valence-corrected chi connectivity index (χ3v) is 12.2. The lowest BCUT2D eigenvalue weighted by Crippen LogP contribution is -2.47. The maximum Gasteiger partial charge on any atom is 0.306 e. The van der Waals surface area contributed by atoms with Crippen molar-refractivity contribution in [1.29, 1.82) is 0 Å². The fraction of sp³-hybridized carbons (Fsp3) is 0.633. The quantitative estimate of drug-likeness (QED) is 0.0161. The number of rotatable bonds is 47. The van der Waals surface area contributed by atoms with E-state index >= 15 is 0 Å². The second-order valence-corrected chi connectivity index (χ2v) is 20.4. The Morgan fingerprint density at radius 2 is 1.00 bits per heavy atom. The van der Waals surface area contributed by atoms with Crippen molar-refractivity contribution in [2.24, 2.45) is 0 Å². The molecule has 0 saturated heterocycles. The summed E-state index contributed by atoms with van der Waals surface area (Å²) in [6, 6.07) is -0.936. The molecule has 0 aromatic carbocycles. The maximum atomic E-state index is 13.4. The monoisotopic (exact) mass is 993 g/mol. The first-order chi connectivity index (χ1) is 33.9. The van der Waals surface area contributed by atoms with Crippen LogP contribution in [0, 0.1) is 0 Å². The van der Waals surface area contributed by atoms with Crippen molar-refractivity contribution in [3.05, 3.63) is 122 Å². The summed E-state index contributed by atoms with van der Waals surface area (Å²) in [5.41, 5.74) is 0. The molecule has 0 spiro atoms. The average Bonchev–Trinajstić information content (AvgIpc) is 3.32. The van der Waals surface area contributed by atoms with Gasteiger partial charge in [0.2, 0.25) is 5.91 Å². The number of nitrogens with zero attached hydrogens (tertiary/aromatic N) is 1. The van der Waals surface area contributed by atoms with Gasteiger partial charge in [0.05, 0.1) is 33.8 Å². The van der Waals surface area contributed by atoms with Crippen molar-refractivity contribution < 1.29 is 37.3 Å². The Kier molecular flexibility index (Phi) is 46.5. The van der Waals surface area contributed by atoms with Gasteiger partial charge in [0.25, 0.3) is 7.82 Å². The average molecular weight is 993 g/mol. The van der Waals surface area contributed by atoms with Crippen LogP contribution in [0.25, 0.3) is 0 Å². The van der Waals surface area contributed by atoms with Gasteiger partial charge < -0.3 is 28.5 Å². The summed E-state index contributed by atoms with van der Waals surface area (Å²) in [7, 11) is 1.11. The first-order valence-electron chi connectivity index (χ1n) is 27.4. The topological polar surface area (TPSA) is 114 Å². The molecule has 0 rings (SSSR count). The van der Waals surface area contributed by atoms with Crippen LogP contribution in [-0.2, 0) is 27.9 Å². The van der Waals surface area contributed by atoms with Gasteiger partial charge in [-0.3, -0.25) is 14.2 Å². The van der Waals surface area contributed by atoms with Gasteiger partial charge in [-0.25, -0.2) is 0 Å². The summed E-state index contributed by atoms with van der Waals surface area (Å²) in [5.74, 6) is -0.676. The number of quaternary nitrogens is 1. The molecule has 0 saturated carbocycles. The highest BCUT2D eigenvalue weighted by Crippen LogP contribution is 2.38. The van der Waals surface area contributed by atoms with Crippen molar-refractivity contribution in [3.8, 4) is 0 Å². The molecule has 0 radical (unpaired) electrons. The predicted octanol–water partition coefficient (Wildman–Crippen LogP) is 15.7. The lowest BCUT2D eigenvalue weighted by molar-refractivity contribution is -0.870. The molecule has 0 aromatic rings. The van der Waals surface area contributed by atoms with Gasteiger partial charge in [-0.1, -0.05) is 213 Å². The number of ether oxygens (including phenoxy) is 1. The van der Waals surface area contributed by atoms with Crippen LogP contribution < -0.4 is 10.2 Å². The molecule has 0 fully saturated rings. The molecule has 0 aliphatic heterocycles. The van der Waals surface area contributed by atoms with E-state index in [4.69, 9.17) is 13.8 Å². The van der Waals surface area contributed by atoms with Gasteiger partial charge in [0.1, 0.15) is 19.3 Å². The van der Waals surface area contributed by atoms with Crippen molar-refractivity contribution >= 4 is 19.7 Å². The molecule has 10 heteroatoms. The second kappa shape index (κ2) is 49.0. The van der Waals surface area contributed by atoms with Gasteiger partial charge in [-0.05, 0) is 89.5 Å². The fourth-order valence-electron chi connectivity index (χ4n) is 7.02. The zero-order valence-electron chi connectivity index (χ0n) is 45.2. The van der Waals surface area contributed by atoms with Crippen LogP contribution >= 0.6 is 7.82 Å². The van der Waals surface area contributed by atoms with Crippen molar-refractivity contribution in [3.63, 3.8) is 0 Å². The largest absolute Gasteiger partial charge is 0.756 e. The number of likely N-dealkylation sites (N-methyl/N-ethyl adjacent to an activating group) is 1. The van der Waals surface area contributed by atoms with E-state index in [2.05, 4.69) is 111 Å². The molecule has 9 nitrogen and oxygen atoms in total. The van der Waals surface area contributed by atoms with E-state index in [1.54, 1.807) is 6.08 Å². The summed E-state index contributed by atoms with van der Waals surface area (Å²) in [4.78, 5) is 39.7. The molecule has 1 amide bonds. The highest BCUT2D eigenvalue weighted by Gasteiger charge is 2.27. The SMILES string of the molecule is CC/C=C\C/C=C\C/C=C\C/C=C\C/C=C\C/C=C\CCC(=O)OC(/C=C\CCCCCCCCCCCC)C(COP(=O)([O-])OCC[N+](C)(C)C)NC(=O)CCCCCCC\C=C/C=C/C=C/CC. The molecule has 0 bridgehead atoms. The molecule has 3 atom stereocenters. The highest BCUT2D eigenvalue weighted by molar-refractivity contribution is 7.45. The van der Waals surface area contributed by atoms with Gasteiger partial charge in [0.15, 0.2) is 0 Å². The minimum absolute atomic E-state index is 0.0446. The molecule has 0 aliphatic carbocycles. The van der Waals surface area contributed by atoms with E-state index in [1.807, 2.05) is 51.5 Å². The number of esters is 1. The lowest BCUT2D eigenvalue weighted by Gasteiger charge is -2.30. The first-order valence-corrected chi connectivity index (χ1v) is 28.8. The van der Waals surface area contributed by atoms with Crippen LogP contribution in [0.1, 0.15) is 194 Å². The predicted molar refractivity (Wildman–Crippen MR) is 297 cm³/mol. The van der Waals surface area contributed by atoms with E-state index in [0.29, 0.717) is 23.9 Å². The number of unbranched alkanes of at least 4 members (excludes halogenated alkanes) is 15. The van der Waals surface area contributed by atoms with E-state index in [1.165, 1.54) is 51.4 Å². The normalized spacial score (nSPS) is 14.8. The third-order valence-electron chi connectivity index (χ3n) is 11.2. The van der Waals surface area contributed by atoms with Crippen molar-refractivity contribution in [2.75, 3.05) is 40.9 Å². The Labute approximate surface area is 429 Å². The van der Waals surface area contributed by atoms with E-state index in [9.17, 15) is 19.0 Å². The number of carbonyl (C=O) groups is 2. The van der Waals surface area contributed by atoms with Gasteiger partial charge in [-0.15, -0.1) is 0 Å². The van der Waals surface area contributed by atoms with Crippen LogP contribution in [0.2, 0.25) is 0 Å². The van der Waals surface area contributed by atoms with E-state index in [0.717, 1.165) is 96.3 Å². The zero-order chi connectivity index (χ0) is 51.5. The Morgan fingerprint density at radius 3 is 1.53 bits per heavy atom. The number of allylic oxidation sites excluding steroid dienone is 19. The molecule has 0 heterocycles. The molecule has 0 aromatic heterocycles. The van der Waals surface area contributed by atoms with Gasteiger partial charge >= 0.3 is 5.97 Å². The summed E-state index contributed by atoms with van der Waals surface area (Å²) >= 11 is 0. The van der Waals surface area contributed by atoms with E-state index in [-0.39, 0.29) is 25.4 Å². The Morgan fingerprint density at radius 1 is 0.529 bits per heavy atom. The summed E-state index contributed by atoms with van der Waals surface area (Å²) in [6.07, 6.45) is 67.5. The van der Waals surface area contributed by atoms with Crippen LogP contribution in [0.4, 0.5) is 0 Å². The van der Waals surface area contributed by atoms with Crippen molar-refractivity contribution in [2.45, 2.75) is 206 Å². The molecule has 398 valence electrons. The smallest absolute Gasteiger partial charge is 0.306 e. The van der Waals surface area contributed by atoms with Crippen LogP contribution in [0.5, 0.6) is 0 Å². The van der Waals surface area contributed by atoms with Gasteiger partial charge in [0, 0.05) is 12.8 Å². The molecule has 0 aliphatic rings. The van der Waals surface area contributed by atoms with Crippen LogP contribution in [-0.4, -0.2) is 69.4 Å². The molecular formula is C60H101N2O7P. The first kappa shape index (κ1) is 66.4. The molecule has 1 N–H and O–H groups in total. The number of phosphoric ester groups is 1. The number of nitrogens with one attached hydrogen (secondary N) is 1. The standard InChI is InChI=1S/C60H101N2O7P/c1-7-10-13-16-19-22-25-28-29-30-31-32-33-35-38-41-44-47-50-53-60(64)69-58(51-48-45-42-39-36-27-24-21-18-15-12-9-3)57(56-68-70(65,66)67-55-54-62(4,5)6)61-59(63)52-49-46-43-40-37-34-26-23-20-17-14-11-8-2/h10-11,13-14,17,19-20,22-23,26,28-29,31-32,35,38,44,47-48,51,57-58H,7-9,12,15-16,18,21,24-25,27,30,33-34,36-37,39-43,45-46,49-50,52-56H2,1-6H3,(H-,61,63,65,66)/b13-10-,14-11+,20-17+,22-19-,26-23-,29-28-,32-31-,38-35-,47-44-,51-48-. The summed E-state index contributed by atoms with van der Waals surface area (Å²) in [6.45, 7) is 6.49. The number of amides is 1. The van der Waals surface area contributed by atoms with Gasteiger partial charge in [-0.2, -0.15) is 0 Å². The maximum absolute atomic E-state index is 13.4. The molecule has 3 unspecified atom stereocenters. The molecular weight excluding hydrogens is 892 g/mol. The van der Waals surface area contributed by atoms with Crippen LogP contribution in [0.3, 0.4) is 0 Å². The second-order valence-electron chi connectivity index (χ2n) is 19.0.